The van der Waals surface area contributed by atoms with Gasteiger partial charge in [-0.1, -0.05) is 25.2 Å². The summed E-state index contributed by atoms with van der Waals surface area (Å²) in [5.41, 5.74) is 0. The number of halogens is 1. The van der Waals surface area contributed by atoms with Gasteiger partial charge in [0.1, 0.15) is 0 Å². The summed E-state index contributed by atoms with van der Waals surface area (Å²) >= 11 is 6.40. The summed E-state index contributed by atoms with van der Waals surface area (Å²) < 4.78 is 0.947. The van der Waals surface area contributed by atoms with E-state index in [-0.39, 0.29) is 0 Å². The Morgan fingerprint density at radius 3 is 2.40 bits per heavy atom. The average molecular weight is 369 g/mol. The lowest BCUT2D eigenvalue weighted by Gasteiger charge is -2.18. The minimum atomic E-state index is 0.858. The maximum absolute atomic E-state index is 4.14. The van der Waals surface area contributed by atoms with Gasteiger partial charge in [-0.25, -0.2) is 9.97 Å². The minimum Gasteiger partial charge on any atom is -0.238 e. The van der Waals surface area contributed by atoms with Crippen LogP contribution in [0.1, 0.15) is 43.5 Å². The van der Waals surface area contributed by atoms with Gasteiger partial charge in [0.25, 0.3) is 0 Å². The van der Waals surface area contributed by atoms with E-state index in [0.29, 0.717) is 0 Å². The van der Waals surface area contributed by atoms with Crippen LogP contribution in [0.25, 0.3) is 0 Å². The lowest BCUT2D eigenvalue weighted by Crippen LogP contribution is -2.04. The van der Waals surface area contributed by atoms with E-state index in [9.17, 15) is 0 Å². The van der Waals surface area contributed by atoms with Crippen molar-refractivity contribution in [1.82, 2.24) is 9.97 Å². The first-order valence-corrected chi connectivity index (χ1v) is 9.33. The fourth-order valence-corrected chi connectivity index (χ4v) is 3.45. The molecule has 3 rings (SSSR count). The molecular weight excluding hydrogens is 352 g/mol. The zero-order valence-corrected chi connectivity index (χ0v) is 14.4. The lowest BCUT2D eigenvalue weighted by molar-refractivity contribution is 0.365. The third-order valence-electron chi connectivity index (χ3n) is 3.15. The average Bonchev–Trinajstić information content (AvgIpc) is 3.14. The van der Waals surface area contributed by atoms with Gasteiger partial charge in [-0.2, -0.15) is 0 Å². The Bertz CT molecular complexity index is 520. The minimum absolute atomic E-state index is 0.858. The van der Waals surface area contributed by atoms with Gasteiger partial charge in [0, 0.05) is 29.6 Å². The van der Waals surface area contributed by atoms with Crippen LogP contribution in [0, 0.1) is 17.8 Å². The molecule has 0 amide bonds. The van der Waals surface area contributed by atoms with Gasteiger partial charge in [-0.05, 0) is 40.6 Å². The topological polar surface area (TPSA) is 25.8 Å². The molecule has 2 aromatic heterocycles. The highest BCUT2D eigenvalue weighted by molar-refractivity contribution is 9.11. The Morgan fingerprint density at radius 2 is 1.85 bits per heavy atom. The van der Waals surface area contributed by atoms with E-state index in [4.69, 9.17) is 0 Å². The zero-order valence-electron chi connectivity index (χ0n) is 11.2. The number of hydrogen-bond acceptors (Lipinski definition) is 4. The molecule has 20 heavy (non-hydrogen) atoms. The van der Waals surface area contributed by atoms with Crippen molar-refractivity contribution < 1.29 is 0 Å². The van der Waals surface area contributed by atoms with Crippen LogP contribution >= 0.6 is 38.6 Å². The molecule has 5 heteroatoms. The van der Waals surface area contributed by atoms with Crippen molar-refractivity contribution in [2.45, 2.75) is 38.5 Å². The predicted molar refractivity (Wildman–Crippen MR) is 90.0 cm³/mol. The molecule has 0 N–H and O–H groups in total. The Morgan fingerprint density at radius 1 is 1.10 bits per heavy atom. The van der Waals surface area contributed by atoms with Crippen molar-refractivity contribution in [2.75, 3.05) is 0 Å². The van der Waals surface area contributed by atoms with E-state index in [2.05, 4.69) is 37.7 Å². The van der Waals surface area contributed by atoms with Gasteiger partial charge in [-0.3, -0.25) is 0 Å². The molecule has 2 nitrogen and oxygen atoms in total. The molecule has 0 spiro atoms. The summed E-state index contributed by atoms with van der Waals surface area (Å²) in [6.45, 7) is 0. The number of thiazole rings is 2. The summed E-state index contributed by atoms with van der Waals surface area (Å²) in [6.07, 6.45) is 11.6. The first-order chi connectivity index (χ1) is 9.84. The highest BCUT2D eigenvalue weighted by Gasteiger charge is 2.11. The van der Waals surface area contributed by atoms with E-state index >= 15 is 0 Å². The van der Waals surface area contributed by atoms with Gasteiger partial charge < -0.3 is 0 Å². The standard InChI is InChI=1S/C12H15NS.C3H2BrNS/c1-2-5-11(6-3-1)7-4-8-12-13-9-10-14-12;4-3-5-1-2-6-3/h9-11H,1-3,5-7H2;1-2H. The monoisotopic (exact) mass is 368 g/mol. The SMILES string of the molecule is Brc1nccs1.C(#Cc1nccs1)CC1CCCCC1. The smallest absolute Gasteiger partial charge is 0.166 e. The van der Waals surface area contributed by atoms with Crippen molar-refractivity contribution in [3.63, 3.8) is 0 Å². The Kier molecular flexibility index (Phi) is 7.27. The summed E-state index contributed by atoms with van der Waals surface area (Å²) in [4.78, 5) is 8.00. The Hall–Kier alpha value is -0.700. The van der Waals surface area contributed by atoms with Gasteiger partial charge in [0.05, 0.1) is 0 Å². The van der Waals surface area contributed by atoms with Crippen molar-refractivity contribution in [3.05, 3.63) is 32.1 Å². The van der Waals surface area contributed by atoms with E-state index < -0.39 is 0 Å². The molecule has 0 atom stereocenters. The molecule has 0 unspecified atom stereocenters. The number of rotatable bonds is 1. The van der Waals surface area contributed by atoms with E-state index in [1.165, 1.54) is 32.1 Å². The van der Waals surface area contributed by atoms with E-state index in [0.717, 1.165) is 21.3 Å². The fraction of sp³-hybridized carbons (Fsp3) is 0.467. The van der Waals surface area contributed by atoms with Crippen LogP contribution in [-0.2, 0) is 0 Å². The molecule has 0 bridgehead atoms. The second kappa shape index (κ2) is 9.28. The van der Waals surface area contributed by atoms with Crippen LogP contribution in [0.5, 0.6) is 0 Å². The maximum Gasteiger partial charge on any atom is 0.166 e. The summed E-state index contributed by atoms with van der Waals surface area (Å²) in [5.74, 6) is 7.24. The van der Waals surface area contributed by atoms with E-state index in [1.807, 2.05) is 17.0 Å². The first kappa shape index (κ1) is 15.7. The molecule has 1 aliphatic carbocycles. The highest BCUT2D eigenvalue weighted by atomic mass is 79.9. The van der Waals surface area contributed by atoms with Crippen molar-refractivity contribution in [1.29, 1.82) is 0 Å². The largest absolute Gasteiger partial charge is 0.238 e. The molecule has 0 aromatic carbocycles. The maximum atomic E-state index is 4.14. The summed E-state index contributed by atoms with van der Waals surface area (Å²) in [5, 5.41) is 4.86. The molecule has 2 aromatic rings. The van der Waals surface area contributed by atoms with Crippen LogP contribution in [0.2, 0.25) is 0 Å². The van der Waals surface area contributed by atoms with Gasteiger partial charge in [0.15, 0.2) is 8.92 Å². The van der Waals surface area contributed by atoms with Crippen LogP contribution < -0.4 is 0 Å². The number of hydrogen-bond donors (Lipinski definition) is 0. The molecule has 1 aliphatic rings. The Balaban J connectivity index is 0.000000205. The van der Waals surface area contributed by atoms with Crippen LogP contribution in [0.3, 0.4) is 0 Å². The van der Waals surface area contributed by atoms with Gasteiger partial charge in [0.2, 0.25) is 0 Å². The van der Waals surface area contributed by atoms with Gasteiger partial charge >= 0.3 is 0 Å². The Labute approximate surface area is 136 Å². The number of nitrogens with zero attached hydrogens (tertiary/aromatic N) is 2. The quantitative estimate of drug-likeness (QED) is 0.632. The first-order valence-electron chi connectivity index (χ1n) is 6.78. The third kappa shape index (κ3) is 6.17. The number of aromatic nitrogens is 2. The van der Waals surface area contributed by atoms with Crippen molar-refractivity contribution >= 4 is 38.6 Å². The molecule has 0 saturated heterocycles. The lowest BCUT2D eigenvalue weighted by atomic mass is 9.87. The highest BCUT2D eigenvalue weighted by Crippen LogP contribution is 2.25. The third-order valence-corrected chi connectivity index (χ3v) is 5.16. The van der Waals surface area contributed by atoms with Gasteiger partial charge in [-0.15, -0.1) is 22.7 Å². The normalized spacial score (nSPS) is 14.8. The molecule has 2 heterocycles. The molecule has 0 radical (unpaired) electrons. The zero-order chi connectivity index (χ0) is 14.0. The van der Waals surface area contributed by atoms with Crippen LogP contribution in [-0.4, -0.2) is 9.97 Å². The second-order valence-electron chi connectivity index (χ2n) is 4.63. The molecule has 1 fully saturated rings. The predicted octanol–water partition coefficient (Wildman–Crippen LogP) is 5.37. The van der Waals surface area contributed by atoms with E-state index in [1.54, 1.807) is 28.9 Å². The van der Waals surface area contributed by atoms with Crippen LogP contribution in [0.15, 0.2) is 27.1 Å². The second-order valence-corrected chi connectivity index (χ2v) is 7.70. The summed E-state index contributed by atoms with van der Waals surface area (Å²) in [6, 6.07) is 0. The van der Waals surface area contributed by atoms with Crippen LogP contribution in [0.4, 0.5) is 0 Å². The molecule has 0 aliphatic heterocycles. The molecular formula is C15H17BrN2S2. The molecule has 106 valence electrons. The summed E-state index contributed by atoms with van der Waals surface area (Å²) in [7, 11) is 0. The van der Waals surface area contributed by atoms with Crippen molar-refractivity contribution in [2.24, 2.45) is 5.92 Å². The fourth-order valence-electron chi connectivity index (χ4n) is 2.15. The van der Waals surface area contributed by atoms with Crippen molar-refractivity contribution in [3.8, 4) is 11.8 Å². The molecule has 1 saturated carbocycles.